The number of nitrogens with one attached hydrogen (secondary N) is 1. The molecule has 2 rings (SSSR count). The van der Waals surface area contributed by atoms with E-state index in [0.29, 0.717) is 5.57 Å². The Morgan fingerprint density at radius 1 is 1.41 bits per heavy atom. The number of nitrogens with zero attached hydrogens (tertiary/aromatic N) is 2. The average molecular weight is 305 g/mol. The summed E-state index contributed by atoms with van der Waals surface area (Å²) >= 11 is 0. The maximum absolute atomic E-state index is 12.4. The lowest BCUT2D eigenvalue weighted by Crippen LogP contribution is -2.29. The molecule has 2 heterocycles. The first-order chi connectivity index (χ1) is 10.0. The number of aromatic nitrogens is 2. The number of hydrogen-bond acceptors (Lipinski definition) is 4. The van der Waals surface area contributed by atoms with Crippen LogP contribution in [0.25, 0.3) is 5.57 Å². The van der Waals surface area contributed by atoms with Crippen molar-refractivity contribution < 1.29 is 9.53 Å². The van der Waals surface area contributed by atoms with E-state index in [0.717, 1.165) is 17.8 Å². The van der Waals surface area contributed by atoms with Crippen LogP contribution < -0.4 is 5.32 Å². The van der Waals surface area contributed by atoms with Crippen molar-refractivity contribution >= 4 is 11.5 Å². The van der Waals surface area contributed by atoms with Gasteiger partial charge in [0.05, 0.1) is 11.6 Å². The topological polar surface area (TPSA) is 56.1 Å². The van der Waals surface area contributed by atoms with Gasteiger partial charge in [0.25, 0.3) is 0 Å². The van der Waals surface area contributed by atoms with Gasteiger partial charge in [0, 0.05) is 29.9 Å². The minimum atomic E-state index is -0.333. The van der Waals surface area contributed by atoms with Crippen molar-refractivity contribution in [3.8, 4) is 0 Å². The molecule has 0 saturated carbocycles. The molecule has 0 saturated heterocycles. The predicted molar refractivity (Wildman–Crippen MR) is 87.5 cm³/mol. The van der Waals surface area contributed by atoms with Crippen LogP contribution >= 0.6 is 0 Å². The number of hydrogen-bond donors (Lipinski definition) is 1. The van der Waals surface area contributed by atoms with E-state index in [4.69, 9.17) is 9.84 Å². The molecule has 1 aliphatic rings. The molecule has 0 atom stereocenters. The van der Waals surface area contributed by atoms with Crippen LogP contribution in [-0.2, 0) is 20.5 Å². The zero-order chi connectivity index (χ0) is 16.7. The highest BCUT2D eigenvalue weighted by molar-refractivity contribution is 6.16. The van der Waals surface area contributed by atoms with E-state index in [1.807, 2.05) is 18.5 Å². The van der Waals surface area contributed by atoms with E-state index < -0.39 is 0 Å². The molecule has 0 amide bonds. The highest BCUT2D eigenvalue weighted by atomic mass is 16.5. The molecule has 122 valence electrons. The monoisotopic (exact) mass is 305 g/mol. The number of carbonyl (C=O) groups is 1. The Hall–Kier alpha value is -1.78. The van der Waals surface area contributed by atoms with Crippen molar-refractivity contribution in [1.82, 2.24) is 15.1 Å². The van der Waals surface area contributed by atoms with Gasteiger partial charge >= 0.3 is 5.97 Å². The Bertz CT molecular complexity index is 604. The third-order valence-electron chi connectivity index (χ3n) is 3.74. The zero-order valence-corrected chi connectivity index (χ0v) is 14.7. The summed E-state index contributed by atoms with van der Waals surface area (Å²) in [4.78, 5) is 12.4. The van der Waals surface area contributed by atoms with Crippen LogP contribution in [0.2, 0.25) is 0 Å². The summed E-state index contributed by atoms with van der Waals surface area (Å²) in [6.45, 7) is 15.0. The molecule has 0 bridgehead atoms. The first-order valence-electron chi connectivity index (χ1n) is 7.78. The number of carbonyl (C=O) groups excluding carboxylic acids is 1. The van der Waals surface area contributed by atoms with E-state index in [2.05, 4.69) is 46.1 Å². The Kier molecular flexibility index (Phi) is 4.11. The van der Waals surface area contributed by atoms with Gasteiger partial charge < -0.3 is 10.1 Å². The standard InChI is InChI=1S/C17H27N3O2/c1-11(2)22-15(21)12-8-18-10-17(6,7)13-9-20(16(3,4)5)19-14(12)13/h8-9,11,18H,10H2,1-7H3. The molecule has 5 nitrogen and oxygen atoms in total. The molecule has 0 aromatic carbocycles. The lowest BCUT2D eigenvalue weighted by Gasteiger charge is -2.23. The van der Waals surface area contributed by atoms with Crippen molar-refractivity contribution in [3.63, 3.8) is 0 Å². The first-order valence-corrected chi connectivity index (χ1v) is 7.78. The summed E-state index contributed by atoms with van der Waals surface area (Å²) in [6.07, 6.45) is 3.63. The molecule has 0 unspecified atom stereocenters. The van der Waals surface area contributed by atoms with Crippen LogP contribution in [0.4, 0.5) is 0 Å². The van der Waals surface area contributed by atoms with Gasteiger partial charge in [-0.05, 0) is 34.6 Å². The van der Waals surface area contributed by atoms with Crippen molar-refractivity contribution in [2.24, 2.45) is 0 Å². The second-order valence-electron chi connectivity index (χ2n) is 7.78. The van der Waals surface area contributed by atoms with Crippen molar-refractivity contribution in [2.45, 2.75) is 65.5 Å². The number of ether oxygens (including phenoxy) is 1. The van der Waals surface area contributed by atoms with Crippen LogP contribution in [0, 0.1) is 0 Å². The van der Waals surface area contributed by atoms with Gasteiger partial charge in [-0.2, -0.15) is 5.10 Å². The number of esters is 1. The highest BCUT2D eigenvalue weighted by Crippen LogP contribution is 2.33. The molecule has 0 spiro atoms. The van der Waals surface area contributed by atoms with Gasteiger partial charge in [0.1, 0.15) is 11.3 Å². The molecule has 0 aliphatic carbocycles. The largest absolute Gasteiger partial charge is 0.459 e. The van der Waals surface area contributed by atoms with Crippen molar-refractivity contribution in [2.75, 3.05) is 6.54 Å². The Morgan fingerprint density at radius 2 is 2.05 bits per heavy atom. The summed E-state index contributed by atoms with van der Waals surface area (Å²) in [5.41, 5.74) is 2.03. The molecule has 1 N–H and O–H groups in total. The van der Waals surface area contributed by atoms with Gasteiger partial charge in [-0.25, -0.2) is 4.79 Å². The molecule has 1 aromatic rings. The van der Waals surface area contributed by atoms with E-state index in [1.54, 1.807) is 6.20 Å². The SMILES string of the molecule is CC(C)OC(=O)C1=CNCC(C)(C)c2cn(C(C)(C)C)nc21. The Morgan fingerprint density at radius 3 is 2.59 bits per heavy atom. The number of fused-ring (bicyclic) bond motifs is 1. The molecular formula is C17H27N3O2. The lowest BCUT2D eigenvalue weighted by atomic mass is 9.84. The van der Waals surface area contributed by atoms with Gasteiger partial charge in [-0.3, -0.25) is 4.68 Å². The maximum atomic E-state index is 12.4. The third kappa shape index (κ3) is 3.18. The molecule has 0 radical (unpaired) electrons. The highest BCUT2D eigenvalue weighted by Gasteiger charge is 2.34. The van der Waals surface area contributed by atoms with Crippen molar-refractivity contribution in [1.29, 1.82) is 0 Å². The fourth-order valence-electron chi connectivity index (χ4n) is 2.42. The van der Waals surface area contributed by atoms with Crippen LogP contribution in [0.3, 0.4) is 0 Å². The van der Waals surface area contributed by atoms with Gasteiger partial charge in [0.2, 0.25) is 0 Å². The summed E-state index contributed by atoms with van der Waals surface area (Å²) in [5.74, 6) is -0.333. The van der Waals surface area contributed by atoms with Crippen LogP contribution in [0.15, 0.2) is 12.4 Å². The van der Waals surface area contributed by atoms with Gasteiger partial charge in [-0.1, -0.05) is 13.8 Å². The first kappa shape index (κ1) is 16.6. The Labute approximate surface area is 132 Å². The summed E-state index contributed by atoms with van der Waals surface area (Å²) in [6, 6.07) is 0. The van der Waals surface area contributed by atoms with Crippen LogP contribution in [0.5, 0.6) is 0 Å². The molecular weight excluding hydrogens is 278 g/mol. The van der Waals surface area contributed by atoms with Crippen LogP contribution in [-0.4, -0.2) is 28.4 Å². The quantitative estimate of drug-likeness (QED) is 0.854. The summed E-state index contributed by atoms with van der Waals surface area (Å²) in [5, 5.41) is 7.92. The molecule has 1 aliphatic heterocycles. The van der Waals surface area contributed by atoms with Crippen LogP contribution in [0.1, 0.15) is 59.7 Å². The van der Waals surface area contributed by atoms with E-state index in [-0.39, 0.29) is 23.0 Å². The predicted octanol–water partition coefficient (Wildman–Crippen LogP) is 2.81. The lowest BCUT2D eigenvalue weighted by molar-refractivity contribution is -0.140. The minimum Gasteiger partial charge on any atom is -0.459 e. The molecule has 0 fully saturated rings. The molecule has 1 aromatic heterocycles. The Balaban J connectivity index is 2.54. The van der Waals surface area contributed by atoms with Gasteiger partial charge in [-0.15, -0.1) is 0 Å². The molecule has 5 heteroatoms. The second kappa shape index (κ2) is 5.45. The minimum absolute atomic E-state index is 0.116. The van der Waals surface area contributed by atoms with E-state index in [1.165, 1.54) is 0 Å². The van der Waals surface area contributed by atoms with Gasteiger partial charge in [0.15, 0.2) is 0 Å². The average Bonchev–Trinajstić information content (AvgIpc) is 2.74. The van der Waals surface area contributed by atoms with E-state index in [9.17, 15) is 4.79 Å². The fraction of sp³-hybridized carbons (Fsp3) is 0.647. The normalized spacial score (nSPS) is 17.4. The number of rotatable bonds is 2. The second-order valence-corrected chi connectivity index (χ2v) is 7.78. The van der Waals surface area contributed by atoms with E-state index >= 15 is 0 Å². The maximum Gasteiger partial charge on any atom is 0.342 e. The zero-order valence-electron chi connectivity index (χ0n) is 14.7. The third-order valence-corrected chi connectivity index (χ3v) is 3.74. The summed E-state index contributed by atoms with van der Waals surface area (Å²) in [7, 11) is 0. The smallest absolute Gasteiger partial charge is 0.342 e. The molecule has 22 heavy (non-hydrogen) atoms. The fourth-order valence-corrected chi connectivity index (χ4v) is 2.42. The summed E-state index contributed by atoms with van der Waals surface area (Å²) < 4.78 is 7.30. The van der Waals surface area contributed by atoms with Crippen molar-refractivity contribution in [3.05, 3.63) is 23.7 Å².